The van der Waals surface area contributed by atoms with Crippen molar-refractivity contribution < 1.29 is 36.3 Å². The van der Waals surface area contributed by atoms with Gasteiger partial charge < -0.3 is 15.8 Å². The molecule has 0 spiro atoms. The van der Waals surface area contributed by atoms with E-state index in [1.807, 2.05) is 0 Å². The van der Waals surface area contributed by atoms with E-state index in [-0.39, 0.29) is 22.5 Å². The summed E-state index contributed by atoms with van der Waals surface area (Å²) in [6.07, 6.45) is -5.35. The average molecular weight is 457 g/mol. The monoisotopic (exact) mass is 457 g/mol. The molecule has 0 saturated carbocycles. The number of anilines is 1. The number of carbonyl (C=O) groups excluding carboxylic acids is 2. The number of nitrogens with one attached hydrogen (secondary N) is 1. The van der Waals surface area contributed by atoms with Crippen molar-refractivity contribution in [3.05, 3.63) is 58.9 Å². The van der Waals surface area contributed by atoms with Gasteiger partial charge in [-0.15, -0.1) is 0 Å². The van der Waals surface area contributed by atoms with Crippen LogP contribution in [0.1, 0.15) is 41.4 Å². The average Bonchev–Trinajstić information content (AvgIpc) is 2.99. The molecule has 1 saturated heterocycles. The number of nitrogens with zero attached hydrogens (tertiary/aromatic N) is 1. The molecule has 32 heavy (non-hydrogen) atoms. The second kappa shape index (κ2) is 8.12. The summed E-state index contributed by atoms with van der Waals surface area (Å²) < 4.78 is 74.7. The smallest absolute Gasteiger partial charge is 0.364 e. The summed E-state index contributed by atoms with van der Waals surface area (Å²) in [6.45, 7) is 3.27. The zero-order valence-corrected chi connectivity index (χ0v) is 17.3. The van der Waals surface area contributed by atoms with Crippen molar-refractivity contribution in [2.75, 3.05) is 5.32 Å². The lowest BCUT2D eigenvalue weighted by Gasteiger charge is -2.32. The highest BCUT2D eigenvalue weighted by molar-refractivity contribution is 5.97. The molecule has 172 valence electrons. The standard InChI is InChI=1S/C21H20F5N3O3/c1-9-12(4-5-13(22)16(9)23)15-10(2)20(3,21(24,25)26)32-17(15)19(31)29-11-6-7-28-14(8-11)18(27)30/h4-8,10,15,17H,1-3H3,(H2,27,30)(H,28,29,31)/t10-,15+,17-,20-/m0/s1. The zero-order valence-electron chi connectivity index (χ0n) is 17.3. The molecule has 11 heteroatoms. The molecule has 0 radical (unpaired) electrons. The molecule has 1 aliphatic heterocycles. The minimum absolute atomic E-state index is 0.0251. The summed E-state index contributed by atoms with van der Waals surface area (Å²) in [7, 11) is 0. The van der Waals surface area contributed by atoms with Gasteiger partial charge in [-0.05, 0) is 43.2 Å². The van der Waals surface area contributed by atoms with Crippen molar-refractivity contribution in [2.45, 2.75) is 44.6 Å². The summed E-state index contributed by atoms with van der Waals surface area (Å²) in [6, 6.07) is 4.41. The third-order valence-electron chi connectivity index (χ3n) is 5.95. The zero-order chi connectivity index (χ0) is 24.0. The summed E-state index contributed by atoms with van der Waals surface area (Å²) in [4.78, 5) is 28.0. The van der Waals surface area contributed by atoms with E-state index in [0.717, 1.165) is 25.1 Å². The number of amides is 2. The number of halogens is 5. The largest absolute Gasteiger partial charge is 0.417 e. The lowest BCUT2D eigenvalue weighted by Crippen LogP contribution is -2.47. The molecule has 0 bridgehead atoms. The molecule has 1 fully saturated rings. The third-order valence-corrected chi connectivity index (χ3v) is 5.95. The van der Waals surface area contributed by atoms with E-state index in [1.54, 1.807) is 0 Å². The summed E-state index contributed by atoms with van der Waals surface area (Å²) in [5.74, 6) is -6.76. The van der Waals surface area contributed by atoms with Crippen LogP contribution in [0.3, 0.4) is 0 Å². The number of ether oxygens (including phenoxy) is 1. The fourth-order valence-electron chi connectivity index (χ4n) is 3.91. The first-order valence-corrected chi connectivity index (χ1v) is 9.53. The van der Waals surface area contributed by atoms with E-state index in [9.17, 15) is 31.5 Å². The molecule has 3 N–H and O–H groups in total. The molecule has 4 atom stereocenters. The van der Waals surface area contributed by atoms with Crippen LogP contribution < -0.4 is 11.1 Å². The number of aromatic nitrogens is 1. The molecular weight excluding hydrogens is 437 g/mol. The lowest BCUT2D eigenvalue weighted by molar-refractivity contribution is -0.272. The Bertz CT molecular complexity index is 1080. The van der Waals surface area contributed by atoms with Gasteiger partial charge in [0.25, 0.3) is 11.8 Å². The van der Waals surface area contributed by atoms with Crippen molar-refractivity contribution in [2.24, 2.45) is 11.7 Å². The number of hydrogen-bond acceptors (Lipinski definition) is 4. The molecule has 2 aromatic rings. The second-order valence-corrected chi connectivity index (χ2v) is 7.82. The van der Waals surface area contributed by atoms with Gasteiger partial charge in [-0.2, -0.15) is 13.2 Å². The Morgan fingerprint density at radius 1 is 1.22 bits per heavy atom. The molecule has 2 amide bonds. The Morgan fingerprint density at radius 3 is 2.47 bits per heavy atom. The molecule has 0 aliphatic carbocycles. The predicted molar refractivity (Wildman–Crippen MR) is 104 cm³/mol. The van der Waals surface area contributed by atoms with Crippen molar-refractivity contribution in [3.8, 4) is 0 Å². The molecule has 2 heterocycles. The van der Waals surface area contributed by atoms with Crippen molar-refractivity contribution >= 4 is 17.5 Å². The van der Waals surface area contributed by atoms with E-state index in [0.29, 0.717) is 0 Å². The summed E-state index contributed by atoms with van der Waals surface area (Å²) in [5, 5.41) is 2.39. The van der Waals surface area contributed by atoms with Gasteiger partial charge >= 0.3 is 6.18 Å². The van der Waals surface area contributed by atoms with Crippen LogP contribution >= 0.6 is 0 Å². The van der Waals surface area contributed by atoms with Gasteiger partial charge in [0, 0.05) is 23.7 Å². The molecule has 6 nitrogen and oxygen atoms in total. The van der Waals surface area contributed by atoms with Gasteiger partial charge in [0.15, 0.2) is 17.2 Å². The number of pyridine rings is 1. The van der Waals surface area contributed by atoms with Crippen LogP contribution in [0.25, 0.3) is 0 Å². The molecular formula is C21H20F5N3O3. The normalized spacial score (nSPS) is 25.6. The van der Waals surface area contributed by atoms with Gasteiger partial charge in [0.1, 0.15) is 11.8 Å². The lowest BCUT2D eigenvalue weighted by atomic mass is 9.76. The van der Waals surface area contributed by atoms with Gasteiger partial charge in [-0.3, -0.25) is 14.6 Å². The highest BCUT2D eigenvalue weighted by Crippen LogP contribution is 2.54. The first-order valence-electron chi connectivity index (χ1n) is 9.53. The molecule has 1 aromatic heterocycles. The van der Waals surface area contributed by atoms with Crippen molar-refractivity contribution in [3.63, 3.8) is 0 Å². The van der Waals surface area contributed by atoms with Crippen LogP contribution in [0.2, 0.25) is 0 Å². The molecule has 1 aliphatic rings. The molecule has 1 aromatic carbocycles. The van der Waals surface area contributed by atoms with Gasteiger partial charge in [-0.1, -0.05) is 13.0 Å². The summed E-state index contributed by atoms with van der Waals surface area (Å²) >= 11 is 0. The van der Waals surface area contributed by atoms with Crippen molar-refractivity contribution in [1.82, 2.24) is 4.98 Å². The van der Waals surface area contributed by atoms with Crippen LogP contribution in [-0.4, -0.2) is 34.7 Å². The Morgan fingerprint density at radius 2 is 1.88 bits per heavy atom. The topological polar surface area (TPSA) is 94.3 Å². The van der Waals surface area contributed by atoms with Crippen LogP contribution in [0, 0.1) is 24.5 Å². The minimum Gasteiger partial charge on any atom is -0.364 e. The number of benzene rings is 1. The van der Waals surface area contributed by atoms with Gasteiger partial charge in [0.05, 0.1) is 0 Å². The number of hydrogen-bond donors (Lipinski definition) is 2. The SMILES string of the molecule is Cc1c([C@@H]2[C@@H](C(=O)Nc3ccnc(C(N)=O)c3)O[C@](C)(C(F)(F)F)[C@H]2C)ccc(F)c1F. The number of rotatable bonds is 4. The minimum atomic E-state index is -4.85. The first kappa shape index (κ1) is 23.6. The fourth-order valence-corrected chi connectivity index (χ4v) is 3.91. The summed E-state index contributed by atoms with van der Waals surface area (Å²) in [5.41, 5.74) is 2.11. The Kier molecular flexibility index (Phi) is 5.98. The third kappa shape index (κ3) is 3.92. The van der Waals surface area contributed by atoms with Crippen molar-refractivity contribution in [1.29, 1.82) is 0 Å². The van der Waals surface area contributed by atoms with E-state index in [4.69, 9.17) is 10.5 Å². The maximum absolute atomic E-state index is 14.2. The maximum atomic E-state index is 14.2. The Hall–Kier alpha value is -3.08. The van der Waals surface area contributed by atoms with E-state index in [1.165, 1.54) is 26.1 Å². The quantitative estimate of drug-likeness (QED) is 0.682. The Labute approximate surface area is 180 Å². The Balaban J connectivity index is 2.05. The number of carbonyl (C=O) groups is 2. The van der Waals surface area contributed by atoms with E-state index in [2.05, 4.69) is 10.3 Å². The fraction of sp³-hybridized carbons (Fsp3) is 0.381. The predicted octanol–water partition coefficient (Wildman–Crippen LogP) is 3.85. The van der Waals surface area contributed by atoms with Crippen LogP contribution in [0.4, 0.5) is 27.6 Å². The van der Waals surface area contributed by atoms with E-state index < -0.39 is 53.2 Å². The number of primary amides is 1. The number of alkyl halides is 3. The molecule has 3 rings (SSSR count). The maximum Gasteiger partial charge on any atom is 0.417 e. The first-order chi connectivity index (χ1) is 14.8. The highest BCUT2D eigenvalue weighted by Gasteiger charge is 2.65. The van der Waals surface area contributed by atoms with Crippen LogP contribution in [0.5, 0.6) is 0 Å². The van der Waals surface area contributed by atoms with Gasteiger partial charge in [0.2, 0.25) is 0 Å². The van der Waals surface area contributed by atoms with E-state index >= 15 is 0 Å². The van der Waals surface area contributed by atoms with Crippen LogP contribution in [-0.2, 0) is 9.53 Å². The van der Waals surface area contributed by atoms with Crippen LogP contribution in [0.15, 0.2) is 30.5 Å². The van der Waals surface area contributed by atoms with Gasteiger partial charge in [-0.25, -0.2) is 8.78 Å². The number of nitrogens with two attached hydrogens (primary N) is 1. The second-order valence-electron chi connectivity index (χ2n) is 7.82. The highest BCUT2D eigenvalue weighted by atomic mass is 19.4. The molecule has 0 unspecified atom stereocenters.